The Morgan fingerprint density at radius 1 is 1.19 bits per heavy atom. The van der Waals surface area contributed by atoms with Gasteiger partial charge in [0.15, 0.2) is 0 Å². The van der Waals surface area contributed by atoms with Crippen LogP contribution in [0.2, 0.25) is 0 Å². The lowest BCUT2D eigenvalue weighted by atomic mass is 9.99. The fourth-order valence-corrected chi connectivity index (χ4v) is 2.37. The Labute approximate surface area is 98.8 Å². The second-order valence-corrected chi connectivity index (χ2v) is 4.55. The van der Waals surface area contributed by atoms with Gasteiger partial charge < -0.3 is 4.90 Å². The van der Waals surface area contributed by atoms with Gasteiger partial charge in [-0.2, -0.15) is 0 Å². The van der Waals surface area contributed by atoms with Crippen LogP contribution >= 0.6 is 0 Å². The van der Waals surface area contributed by atoms with Crippen LogP contribution in [-0.4, -0.2) is 6.54 Å². The molecular weight excluding hydrogens is 194 g/mol. The number of para-hydroxylation sites is 1. The fourth-order valence-electron chi connectivity index (χ4n) is 2.37. The predicted octanol–water partition coefficient (Wildman–Crippen LogP) is 4.14. The molecule has 1 aromatic rings. The van der Waals surface area contributed by atoms with Crippen LogP contribution in [0.3, 0.4) is 0 Å². The van der Waals surface area contributed by atoms with E-state index in [2.05, 4.69) is 42.7 Å². The zero-order chi connectivity index (χ0) is 11.4. The highest BCUT2D eigenvalue weighted by Crippen LogP contribution is 2.31. The molecule has 1 aliphatic rings. The number of hydrogen-bond donors (Lipinski definition) is 0. The van der Waals surface area contributed by atoms with Gasteiger partial charge in [-0.3, -0.25) is 0 Å². The first-order valence-corrected chi connectivity index (χ1v) is 6.36. The third-order valence-corrected chi connectivity index (χ3v) is 3.33. The topological polar surface area (TPSA) is 3.24 Å². The number of nitrogens with zero attached hydrogens (tertiary/aromatic N) is 1. The molecule has 0 aliphatic carbocycles. The third kappa shape index (κ3) is 2.29. The molecule has 1 aliphatic heterocycles. The molecule has 16 heavy (non-hydrogen) atoms. The van der Waals surface area contributed by atoms with Crippen molar-refractivity contribution < 1.29 is 0 Å². The highest BCUT2D eigenvalue weighted by Gasteiger charge is 2.18. The quantitative estimate of drug-likeness (QED) is 0.682. The Bertz CT molecular complexity index is 367. The minimum atomic E-state index is 1.11. The molecule has 1 heteroatoms. The molecule has 0 radical (unpaired) electrons. The van der Waals surface area contributed by atoms with Crippen molar-refractivity contribution in [1.29, 1.82) is 0 Å². The van der Waals surface area contributed by atoms with Crippen molar-refractivity contribution in [3.63, 3.8) is 0 Å². The lowest BCUT2D eigenvalue weighted by molar-refractivity contribution is 0.682. The van der Waals surface area contributed by atoms with Gasteiger partial charge in [-0.25, -0.2) is 0 Å². The van der Waals surface area contributed by atoms with E-state index in [1.807, 2.05) is 0 Å². The number of anilines is 1. The van der Waals surface area contributed by atoms with E-state index in [-0.39, 0.29) is 0 Å². The number of fused-ring (bicyclic) bond motifs is 1. The number of unbranched alkanes of at least 4 members (excludes halogenated alkanes) is 2. The average molecular weight is 215 g/mol. The van der Waals surface area contributed by atoms with E-state index in [0.717, 1.165) is 19.4 Å². The van der Waals surface area contributed by atoms with Crippen LogP contribution < -0.4 is 4.90 Å². The summed E-state index contributed by atoms with van der Waals surface area (Å²) in [7, 11) is 0. The molecule has 2 rings (SSSR count). The van der Waals surface area contributed by atoms with Gasteiger partial charge in [0.25, 0.3) is 0 Å². The van der Waals surface area contributed by atoms with Gasteiger partial charge in [-0.15, -0.1) is 0 Å². The molecule has 0 atom stereocenters. The van der Waals surface area contributed by atoms with Crippen molar-refractivity contribution in [3.8, 4) is 0 Å². The van der Waals surface area contributed by atoms with E-state index in [0.29, 0.717) is 0 Å². The number of aryl methyl sites for hydroxylation is 1. The zero-order valence-electron chi connectivity index (χ0n) is 10.2. The van der Waals surface area contributed by atoms with Crippen molar-refractivity contribution in [3.05, 3.63) is 42.1 Å². The smallest absolute Gasteiger partial charge is 0.0440 e. The summed E-state index contributed by atoms with van der Waals surface area (Å²) in [4.78, 5) is 2.41. The van der Waals surface area contributed by atoms with Crippen LogP contribution in [0.5, 0.6) is 0 Å². The summed E-state index contributed by atoms with van der Waals surface area (Å²) in [5, 5.41) is 0. The molecule has 0 fully saturated rings. The largest absolute Gasteiger partial charge is 0.345 e. The molecule has 0 saturated heterocycles. The van der Waals surface area contributed by atoms with Gasteiger partial charge in [0.2, 0.25) is 0 Å². The number of rotatable bonds is 4. The Morgan fingerprint density at radius 2 is 2.00 bits per heavy atom. The summed E-state index contributed by atoms with van der Waals surface area (Å²) in [5.41, 5.74) is 4.15. The summed E-state index contributed by atoms with van der Waals surface area (Å²) in [6.45, 7) is 7.58. The first kappa shape index (κ1) is 11.3. The van der Waals surface area contributed by atoms with Gasteiger partial charge >= 0.3 is 0 Å². The van der Waals surface area contributed by atoms with E-state index in [1.165, 1.54) is 36.2 Å². The molecule has 1 nitrogen and oxygen atoms in total. The van der Waals surface area contributed by atoms with Crippen molar-refractivity contribution in [1.82, 2.24) is 0 Å². The van der Waals surface area contributed by atoms with Crippen LogP contribution in [0, 0.1) is 0 Å². The molecule has 1 aromatic carbocycles. The molecule has 0 aromatic heterocycles. The zero-order valence-corrected chi connectivity index (χ0v) is 10.2. The summed E-state index contributed by atoms with van der Waals surface area (Å²) >= 11 is 0. The molecule has 0 bridgehead atoms. The summed E-state index contributed by atoms with van der Waals surface area (Å²) in [6, 6.07) is 8.74. The second-order valence-electron chi connectivity index (χ2n) is 4.55. The highest BCUT2D eigenvalue weighted by atomic mass is 15.1. The lowest BCUT2D eigenvalue weighted by Crippen LogP contribution is -2.27. The lowest BCUT2D eigenvalue weighted by Gasteiger charge is -2.33. The van der Waals surface area contributed by atoms with Crippen molar-refractivity contribution in [2.24, 2.45) is 0 Å². The van der Waals surface area contributed by atoms with Crippen LogP contribution in [-0.2, 0) is 6.42 Å². The van der Waals surface area contributed by atoms with Gasteiger partial charge in [-0.05, 0) is 30.9 Å². The first-order valence-electron chi connectivity index (χ1n) is 6.36. The van der Waals surface area contributed by atoms with Crippen LogP contribution in [0.15, 0.2) is 36.5 Å². The van der Waals surface area contributed by atoms with E-state index in [4.69, 9.17) is 0 Å². The molecule has 0 N–H and O–H groups in total. The summed E-state index contributed by atoms with van der Waals surface area (Å²) in [5.74, 6) is 0. The Balaban J connectivity index is 2.13. The minimum Gasteiger partial charge on any atom is -0.345 e. The fraction of sp³-hybridized carbons (Fsp3) is 0.467. The van der Waals surface area contributed by atoms with Crippen LogP contribution in [0.25, 0.3) is 0 Å². The normalized spacial score (nSPS) is 15.1. The average Bonchev–Trinajstić information content (AvgIpc) is 2.32. The van der Waals surface area contributed by atoms with Crippen molar-refractivity contribution in [2.45, 2.75) is 39.0 Å². The Kier molecular flexibility index (Phi) is 3.66. The van der Waals surface area contributed by atoms with Gasteiger partial charge in [-0.1, -0.05) is 44.5 Å². The van der Waals surface area contributed by atoms with E-state index in [9.17, 15) is 0 Å². The number of benzene rings is 1. The molecule has 86 valence electrons. The first-order chi connectivity index (χ1) is 7.83. The molecule has 1 heterocycles. The van der Waals surface area contributed by atoms with Crippen LogP contribution in [0.1, 0.15) is 38.2 Å². The molecular formula is C15H21N. The maximum Gasteiger partial charge on any atom is 0.0440 e. The summed E-state index contributed by atoms with van der Waals surface area (Å²) < 4.78 is 0. The highest BCUT2D eigenvalue weighted by molar-refractivity contribution is 5.60. The molecule has 0 spiro atoms. The van der Waals surface area contributed by atoms with E-state index in [1.54, 1.807) is 0 Å². The summed E-state index contributed by atoms with van der Waals surface area (Å²) in [6.07, 6.45) is 6.13. The maximum absolute atomic E-state index is 4.20. The maximum atomic E-state index is 4.20. The monoisotopic (exact) mass is 215 g/mol. The van der Waals surface area contributed by atoms with Gasteiger partial charge in [0.1, 0.15) is 0 Å². The number of hydrogen-bond acceptors (Lipinski definition) is 1. The molecule has 0 unspecified atom stereocenters. The number of allylic oxidation sites excluding steroid dienone is 1. The van der Waals surface area contributed by atoms with Gasteiger partial charge in [0, 0.05) is 17.9 Å². The Morgan fingerprint density at radius 3 is 2.81 bits per heavy atom. The van der Waals surface area contributed by atoms with Gasteiger partial charge in [0.05, 0.1) is 0 Å². The minimum absolute atomic E-state index is 1.11. The molecule has 0 amide bonds. The van der Waals surface area contributed by atoms with Crippen LogP contribution in [0.4, 0.5) is 5.69 Å². The molecule has 0 saturated carbocycles. The standard InChI is InChI=1S/C15H21N/c1-3-4-7-12-16-13(2)10-11-14-8-5-6-9-15(14)16/h5-6,8-9H,2-4,7,10-12H2,1H3. The SMILES string of the molecule is C=C1CCc2ccccc2N1CCCCC. The van der Waals surface area contributed by atoms with Crippen molar-refractivity contribution in [2.75, 3.05) is 11.4 Å². The second kappa shape index (κ2) is 5.20. The Hall–Kier alpha value is -1.24. The van der Waals surface area contributed by atoms with Crippen molar-refractivity contribution >= 4 is 5.69 Å². The predicted molar refractivity (Wildman–Crippen MR) is 70.8 cm³/mol. The van der Waals surface area contributed by atoms with E-state index < -0.39 is 0 Å². The van der Waals surface area contributed by atoms with E-state index >= 15 is 0 Å². The third-order valence-electron chi connectivity index (χ3n) is 3.33.